The van der Waals surface area contributed by atoms with Crippen molar-refractivity contribution in [3.63, 3.8) is 0 Å². The number of fused-ring (bicyclic) bond motifs is 1. The highest BCUT2D eigenvalue weighted by Gasteiger charge is 2.23. The van der Waals surface area contributed by atoms with Gasteiger partial charge in [0.15, 0.2) is 5.82 Å². The zero-order chi connectivity index (χ0) is 14.1. The minimum Gasteiger partial charge on any atom is -0.351 e. The molecule has 2 aromatic rings. The average molecular weight is 337 g/mol. The zero-order valence-corrected chi connectivity index (χ0v) is 12.5. The fourth-order valence-corrected chi connectivity index (χ4v) is 2.72. The molecule has 0 saturated carbocycles. The molecule has 0 bridgehead atoms. The smallest absolute Gasteiger partial charge is 0.289 e. The van der Waals surface area contributed by atoms with Gasteiger partial charge in [-0.3, -0.25) is 4.79 Å². The van der Waals surface area contributed by atoms with Crippen LogP contribution >= 0.6 is 15.9 Å². The largest absolute Gasteiger partial charge is 0.351 e. The molecule has 104 valence electrons. The first kappa shape index (κ1) is 13.0. The van der Waals surface area contributed by atoms with Crippen molar-refractivity contribution in [3.8, 4) is 0 Å². The number of anilines is 1. The molecule has 0 unspecified atom stereocenters. The lowest BCUT2D eigenvalue weighted by atomic mass is 10.3. The summed E-state index contributed by atoms with van der Waals surface area (Å²) < 4.78 is 2.77. The molecule has 1 aliphatic rings. The van der Waals surface area contributed by atoms with E-state index in [-0.39, 0.29) is 5.91 Å². The molecule has 0 fully saturated rings. The van der Waals surface area contributed by atoms with E-state index in [1.165, 1.54) is 0 Å². The third kappa shape index (κ3) is 2.26. The highest BCUT2D eigenvalue weighted by molar-refractivity contribution is 9.10. The van der Waals surface area contributed by atoms with Crippen molar-refractivity contribution in [1.82, 2.24) is 25.1 Å². The standard InChI is InChI=1S/C12H13BrN6O/c1-18(10-8(13)3-2-4-14-10)7-9-16-17-11-12(20)15-5-6-19(9)11/h2-4H,5-7H2,1H3,(H,15,20). The lowest BCUT2D eigenvalue weighted by molar-refractivity contribution is 0.0921. The summed E-state index contributed by atoms with van der Waals surface area (Å²) in [4.78, 5) is 17.9. The van der Waals surface area contributed by atoms with E-state index in [1.54, 1.807) is 6.20 Å². The molecule has 0 radical (unpaired) electrons. The third-order valence-electron chi connectivity index (χ3n) is 3.13. The number of hydrogen-bond acceptors (Lipinski definition) is 5. The molecule has 0 aromatic carbocycles. The van der Waals surface area contributed by atoms with Crippen LogP contribution in [0.4, 0.5) is 5.82 Å². The van der Waals surface area contributed by atoms with E-state index in [0.29, 0.717) is 25.5 Å². The molecule has 0 atom stereocenters. The van der Waals surface area contributed by atoms with Gasteiger partial charge in [0, 0.05) is 26.3 Å². The minimum absolute atomic E-state index is 0.170. The maximum absolute atomic E-state index is 11.6. The van der Waals surface area contributed by atoms with Crippen molar-refractivity contribution < 1.29 is 4.79 Å². The van der Waals surface area contributed by atoms with E-state index >= 15 is 0 Å². The number of hydrogen-bond donors (Lipinski definition) is 1. The van der Waals surface area contributed by atoms with Gasteiger partial charge in [-0.2, -0.15) is 0 Å². The van der Waals surface area contributed by atoms with Crippen LogP contribution in [0.15, 0.2) is 22.8 Å². The Morgan fingerprint density at radius 2 is 2.35 bits per heavy atom. The van der Waals surface area contributed by atoms with Gasteiger partial charge in [-0.05, 0) is 28.1 Å². The fraction of sp³-hybridized carbons (Fsp3) is 0.333. The number of aromatic nitrogens is 4. The Labute approximate surface area is 124 Å². The van der Waals surface area contributed by atoms with Crippen LogP contribution in [0, 0.1) is 0 Å². The summed E-state index contributed by atoms with van der Waals surface area (Å²) in [5.74, 6) is 1.79. The summed E-state index contributed by atoms with van der Waals surface area (Å²) in [6, 6.07) is 3.80. The van der Waals surface area contributed by atoms with Crippen molar-refractivity contribution in [1.29, 1.82) is 0 Å². The van der Waals surface area contributed by atoms with E-state index in [0.717, 1.165) is 16.1 Å². The second kappa shape index (κ2) is 5.20. The highest BCUT2D eigenvalue weighted by atomic mass is 79.9. The second-order valence-electron chi connectivity index (χ2n) is 4.51. The van der Waals surface area contributed by atoms with Crippen LogP contribution in [0.3, 0.4) is 0 Å². The number of carbonyl (C=O) groups excluding carboxylic acids is 1. The SMILES string of the molecule is CN(Cc1nnc2n1CCNC2=O)c1ncccc1Br. The topological polar surface area (TPSA) is 75.9 Å². The lowest BCUT2D eigenvalue weighted by Gasteiger charge is -2.21. The van der Waals surface area contributed by atoms with Crippen molar-refractivity contribution in [2.75, 3.05) is 18.5 Å². The first-order valence-electron chi connectivity index (χ1n) is 6.19. The number of nitrogens with zero attached hydrogens (tertiary/aromatic N) is 5. The zero-order valence-electron chi connectivity index (χ0n) is 10.9. The highest BCUT2D eigenvalue weighted by Crippen LogP contribution is 2.23. The van der Waals surface area contributed by atoms with Crippen LogP contribution in [0.5, 0.6) is 0 Å². The van der Waals surface area contributed by atoms with Gasteiger partial charge < -0.3 is 14.8 Å². The van der Waals surface area contributed by atoms with Crippen LogP contribution in [0.25, 0.3) is 0 Å². The van der Waals surface area contributed by atoms with Crippen LogP contribution in [-0.2, 0) is 13.1 Å². The summed E-state index contributed by atoms with van der Waals surface area (Å²) in [5, 5.41) is 10.8. The molecule has 0 saturated heterocycles. The third-order valence-corrected chi connectivity index (χ3v) is 3.75. The predicted molar refractivity (Wildman–Crippen MR) is 76.4 cm³/mol. The monoisotopic (exact) mass is 336 g/mol. The Hall–Kier alpha value is -1.96. The molecule has 3 rings (SSSR count). The molecule has 1 amide bonds. The van der Waals surface area contributed by atoms with E-state index in [2.05, 4.69) is 36.4 Å². The Balaban J connectivity index is 1.85. The number of rotatable bonds is 3. The molecule has 2 aromatic heterocycles. The fourth-order valence-electron chi connectivity index (χ4n) is 2.16. The van der Waals surface area contributed by atoms with Gasteiger partial charge in [-0.15, -0.1) is 10.2 Å². The molecule has 0 aliphatic carbocycles. The molecule has 1 aliphatic heterocycles. The Bertz CT molecular complexity index is 655. The van der Waals surface area contributed by atoms with Crippen molar-refractivity contribution in [2.24, 2.45) is 0 Å². The second-order valence-corrected chi connectivity index (χ2v) is 5.37. The molecule has 8 heteroatoms. The normalized spacial score (nSPS) is 13.8. The van der Waals surface area contributed by atoms with Gasteiger partial charge in [0.25, 0.3) is 5.91 Å². The summed E-state index contributed by atoms with van der Waals surface area (Å²) in [6.45, 7) is 1.84. The molecule has 20 heavy (non-hydrogen) atoms. The molecule has 7 nitrogen and oxygen atoms in total. The van der Waals surface area contributed by atoms with E-state index in [1.807, 2.05) is 28.6 Å². The van der Waals surface area contributed by atoms with E-state index in [4.69, 9.17) is 0 Å². The maximum Gasteiger partial charge on any atom is 0.289 e. The first-order valence-corrected chi connectivity index (χ1v) is 6.98. The molecular weight excluding hydrogens is 324 g/mol. The van der Waals surface area contributed by atoms with Crippen molar-refractivity contribution in [3.05, 3.63) is 34.5 Å². The average Bonchev–Trinajstić information content (AvgIpc) is 2.84. The minimum atomic E-state index is -0.170. The summed E-state index contributed by atoms with van der Waals surface area (Å²) >= 11 is 3.47. The first-order chi connectivity index (χ1) is 9.66. The lowest BCUT2D eigenvalue weighted by Crippen LogP contribution is -2.36. The summed E-state index contributed by atoms with van der Waals surface area (Å²) in [5.41, 5.74) is 0. The van der Waals surface area contributed by atoms with Crippen LogP contribution in [0.2, 0.25) is 0 Å². The summed E-state index contributed by atoms with van der Waals surface area (Å²) in [6.07, 6.45) is 1.74. The van der Waals surface area contributed by atoms with Gasteiger partial charge in [0.2, 0.25) is 5.82 Å². The molecule has 1 N–H and O–H groups in total. The Morgan fingerprint density at radius 1 is 1.50 bits per heavy atom. The van der Waals surface area contributed by atoms with Crippen LogP contribution < -0.4 is 10.2 Å². The number of pyridine rings is 1. The molecule has 0 spiro atoms. The Kier molecular flexibility index (Phi) is 3.39. The van der Waals surface area contributed by atoms with Gasteiger partial charge >= 0.3 is 0 Å². The number of halogens is 1. The summed E-state index contributed by atoms with van der Waals surface area (Å²) in [7, 11) is 1.93. The predicted octanol–water partition coefficient (Wildman–Crippen LogP) is 0.815. The Morgan fingerprint density at radius 3 is 3.15 bits per heavy atom. The molecular formula is C12H13BrN6O. The quantitative estimate of drug-likeness (QED) is 0.897. The van der Waals surface area contributed by atoms with Crippen LogP contribution in [0.1, 0.15) is 16.4 Å². The maximum atomic E-state index is 11.6. The van der Waals surface area contributed by atoms with Gasteiger partial charge in [0.05, 0.1) is 11.0 Å². The molecule has 3 heterocycles. The van der Waals surface area contributed by atoms with E-state index < -0.39 is 0 Å². The number of nitrogens with one attached hydrogen (secondary N) is 1. The van der Waals surface area contributed by atoms with E-state index in [9.17, 15) is 4.79 Å². The van der Waals surface area contributed by atoms with Crippen LogP contribution in [-0.4, -0.2) is 39.2 Å². The van der Waals surface area contributed by atoms with Gasteiger partial charge in [-0.1, -0.05) is 0 Å². The van der Waals surface area contributed by atoms with Crippen molar-refractivity contribution in [2.45, 2.75) is 13.1 Å². The van der Waals surface area contributed by atoms with Gasteiger partial charge in [0.1, 0.15) is 5.82 Å². The van der Waals surface area contributed by atoms with Crippen molar-refractivity contribution >= 4 is 27.7 Å². The van der Waals surface area contributed by atoms with Gasteiger partial charge in [-0.25, -0.2) is 4.98 Å². The number of carbonyl (C=O) groups is 1. The number of amides is 1.